The van der Waals surface area contributed by atoms with Crippen molar-refractivity contribution in [3.63, 3.8) is 0 Å². The van der Waals surface area contributed by atoms with E-state index in [1.54, 1.807) is 19.2 Å². The van der Waals surface area contributed by atoms with Crippen molar-refractivity contribution >= 4 is 11.8 Å². The lowest BCUT2D eigenvalue weighted by Crippen LogP contribution is -2.36. The molecule has 29 heavy (non-hydrogen) atoms. The molecule has 3 rings (SSSR count). The van der Waals surface area contributed by atoms with Gasteiger partial charge in [-0.2, -0.15) is 0 Å². The molecule has 0 aromatic carbocycles. The summed E-state index contributed by atoms with van der Waals surface area (Å²) >= 11 is 0. The molecule has 2 heterocycles. The largest absolute Gasteiger partial charge is 0.351 e. The van der Waals surface area contributed by atoms with Crippen LogP contribution in [0, 0.1) is 11.8 Å². The predicted octanol–water partition coefficient (Wildman–Crippen LogP) is 3.61. The molecule has 2 amide bonds. The summed E-state index contributed by atoms with van der Waals surface area (Å²) in [4.78, 5) is 28.4. The van der Waals surface area contributed by atoms with Gasteiger partial charge in [0.05, 0.1) is 17.4 Å². The summed E-state index contributed by atoms with van der Waals surface area (Å²) in [5, 5.41) is 9.98. The fourth-order valence-electron chi connectivity index (χ4n) is 3.93. The lowest BCUT2D eigenvalue weighted by Gasteiger charge is -2.34. The van der Waals surface area contributed by atoms with Crippen molar-refractivity contribution in [2.45, 2.75) is 58.4 Å². The Morgan fingerprint density at radius 1 is 1.17 bits per heavy atom. The Balaban J connectivity index is 1.51. The normalized spacial score (nSPS) is 20.3. The molecule has 2 N–H and O–H groups in total. The van der Waals surface area contributed by atoms with Gasteiger partial charge in [-0.3, -0.25) is 14.6 Å². The minimum Gasteiger partial charge on any atom is -0.351 e. The molecule has 2 aromatic rings. The van der Waals surface area contributed by atoms with Gasteiger partial charge in [0, 0.05) is 25.7 Å². The zero-order chi connectivity index (χ0) is 20.8. The first kappa shape index (κ1) is 21.0. The van der Waals surface area contributed by atoms with Crippen LogP contribution in [0.4, 0.5) is 0 Å². The first-order valence-electron chi connectivity index (χ1n) is 10.4. The number of aromatic nitrogens is 2. The van der Waals surface area contributed by atoms with Crippen LogP contribution >= 0.6 is 0 Å². The highest BCUT2D eigenvalue weighted by Gasteiger charge is 2.30. The van der Waals surface area contributed by atoms with Gasteiger partial charge in [-0.1, -0.05) is 25.1 Å². The van der Waals surface area contributed by atoms with Gasteiger partial charge in [-0.25, -0.2) is 0 Å². The molecular formula is C22H30N4O3. The van der Waals surface area contributed by atoms with Crippen molar-refractivity contribution in [3.05, 3.63) is 47.6 Å². The first-order chi connectivity index (χ1) is 13.9. The van der Waals surface area contributed by atoms with E-state index in [9.17, 15) is 9.59 Å². The minimum absolute atomic E-state index is 0.0390. The maximum atomic E-state index is 12.3. The Labute approximate surface area is 171 Å². The molecule has 7 heteroatoms. The van der Waals surface area contributed by atoms with Crippen molar-refractivity contribution in [1.82, 2.24) is 20.8 Å². The van der Waals surface area contributed by atoms with E-state index in [0.717, 1.165) is 37.1 Å². The Hall–Kier alpha value is -2.70. The molecule has 156 valence electrons. The van der Waals surface area contributed by atoms with Crippen LogP contribution in [0.25, 0.3) is 0 Å². The molecule has 0 radical (unpaired) electrons. The summed E-state index contributed by atoms with van der Waals surface area (Å²) in [6, 6.07) is 7.45. The van der Waals surface area contributed by atoms with Crippen LogP contribution < -0.4 is 10.6 Å². The third-order valence-electron chi connectivity index (χ3n) is 5.62. The molecule has 1 fully saturated rings. The number of carbonyl (C=O) groups is 2. The third-order valence-corrected chi connectivity index (χ3v) is 5.62. The third kappa shape index (κ3) is 5.65. The van der Waals surface area contributed by atoms with Crippen LogP contribution in [0.15, 0.2) is 35.0 Å². The minimum atomic E-state index is -0.212. The highest BCUT2D eigenvalue weighted by atomic mass is 16.5. The van der Waals surface area contributed by atoms with Crippen molar-refractivity contribution in [1.29, 1.82) is 0 Å². The summed E-state index contributed by atoms with van der Waals surface area (Å²) in [7, 11) is 0. The molecule has 7 nitrogen and oxygen atoms in total. The number of hydrogen-bond acceptors (Lipinski definition) is 5. The average Bonchev–Trinajstić information content (AvgIpc) is 3.22. The Morgan fingerprint density at radius 3 is 2.52 bits per heavy atom. The standard InChI is InChI=1S/C22H30N4O3/c1-14(2)19-12-20(29-26-19)22(28)24-13-16-7-9-17(10-8-16)21(25-15(3)27)18-6-4-5-11-23-18/h4-6,11-12,14,16-17,21H,7-10,13H2,1-3H3,(H,24,28)(H,25,27)/t16?,17?,21-/m1/s1. The summed E-state index contributed by atoms with van der Waals surface area (Å²) in [5.74, 6) is 1.02. The zero-order valence-corrected chi connectivity index (χ0v) is 17.4. The van der Waals surface area contributed by atoms with Crippen LogP contribution in [0.3, 0.4) is 0 Å². The zero-order valence-electron chi connectivity index (χ0n) is 17.4. The number of pyridine rings is 1. The fourth-order valence-corrected chi connectivity index (χ4v) is 3.93. The maximum absolute atomic E-state index is 12.3. The molecule has 0 unspecified atom stereocenters. The number of nitrogens with one attached hydrogen (secondary N) is 2. The molecule has 0 aliphatic heterocycles. The number of nitrogens with zero attached hydrogens (tertiary/aromatic N) is 2. The van der Waals surface area contributed by atoms with E-state index in [-0.39, 0.29) is 29.5 Å². The van der Waals surface area contributed by atoms with Crippen molar-refractivity contribution in [3.8, 4) is 0 Å². The maximum Gasteiger partial charge on any atom is 0.289 e. The second-order valence-electron chi connectivity index (χ2n) is 8.19. The topological polar surface area (TPSA) is 97.1 Å². The quantitative estimate of drug-likeness (QED) is 0.743. The van der Waals surface area contributed by atoms with Crippen molar-refractivity contribution in [2.75, 3.05) is 6.54 Å². The summed E-state index contributed by atoms with van der Waals surface area (Å²) in [6.45, 7) is 6.19. The number of rotatable bonds is 7. The molecule has 2 aromatic heterocycles. The second-order valence-corrected chi connectivity index (χ2v) is 8.19. The van der Waals surface area contributed by atoms with E-state index in [0.29, 0.717) is 18.4 Å². The van der Waals surface area contributed by atoms with Crippen LogP contribution in [0.1, 0.15) is 80.4 Å². The summed E-state index contributed by atoms with van der Waals surface area (Å²) in [5.41, 5.74) is 1.69. The van der Waals surface area contributed by atoms with Gasteiger partial charge in [-0.05, 0) is 55.6 Å². The lowest BCUT2D eigenvalue weighted by atomic mass is 9.77. The van der Waals surface area contributed by atoms with E-state index < -0.39 is 0 Å². The van der Waals surface area contributed by atoms with Crippen LogP contribution in [-0.4, -0.2) is 28.5 Å². The predicted molar refractivity (Wildman–Crippen MR) is 109 cm³/mol. The highest BCUT2D eigenvalue weighted by Crippen LogP contribution is 2.36. The number of carbonyl (C=O) groups excluding carboxylic acids is 2. The number of hydrogen-bond donors (Lipinski definition) is 2. The van der Waals surface area contributed by atoms with Gasteiger partial charge in [0.15, 0.2) is 0 Å². The summed E-state index contributed by atoms with van der Waals surface area (Å²) < 4.78 is 5.15. The molecule has 1 aliphatic carbocycles. The molecule has 0 spiro atoms. The molecule has 1 aliphatic rings. The Bertz CT molecular complexity index is 810. The molecule has 0 saturated heterocycles. The van der Waals surface area contributed by atoms with Crippen LogP contribution in [0.2, 0.25) is 0 Å². The van der Waals surface area contributed by atoms with Crippen molar-refractivity contribution in [2.24, 2.45) is 11.8 Å². The first-order valence-corrected chi connectivity index (χ1v) is 10.4. The van der Waals surface area contributed by atoms with E-state index in [1.807, 2.05) is 32.0 Å². The van der Waals surface area contributed by atoms with Gasteiger partial charge in [0.25, 0.3) is 5.91 Å². The molecule has 1 atom stereocenters. The SMILES string of the molecule is CC(=O)N[C@@H](c1ccccn1)C1CCC(CNC(=O)c2cc(C(C)C)no2)CC1. The smallest absolute Gasteiger partial charge is 0.289 e. The monoisotopic (exact) mass is 398 g/mol. The molecule has 0 bridgehead atoms. The average molecular weight is 399 g/mol. The van der Waals surface area contributed by atoms with Crippen molar-refractivity contribution < 1.29 is 14.1 Å². The highest BCUT2D eigenvalue weighted by molar-refractivity contribution is 5.91. The summed E-state index contributed by atoms with van der Waals surface area (Å²) in [6.07, 6.45) is 5.74. The number of amides is 2. The van der Waals surface area contributed by atoms with Crippen LogP contribution in [-0.2, 0) is 4.79 Å². The van der Waals surface area contributed by atoms with E-state index in [2.05, 4.69) is 20.8 Å². The molecular weight excluding hydrogens is 368 g/mol. The van der Waals surface area contributed by atoms with Gasteiger partial charge < -0.3 is 15.2 Å². The Morgan fingerprint density at radius 2 is 1.93 bits per heavy atom. The van der Waals surface area contributed by atoms with Crippen LogP contribution in [0.5, 0.6) is 0 Å². The van der Waals surface area contributed by atoms with Gasteiger partial charge in [0.1, 0.15) is 0 Å². The van der Waals surface area contributed by atoms with E-state index >= 15 is 0 Å². The Kier molecular flexibility index (Phi) is 7.01. The van der Waals surface area contributed by atoms with E-state index in [4.69, 9.17) is 4.52 Å². The van der Waals surface area contributed by atoms with E-state index in [1.165, 1.54) is 0 Å². The fraction of sp³-hybridized carbons (Fsp3) is 0.545. The second kappa shape index (κ2) is 9.67. The van der Waals surface area contributed by atoms with Gasteiger partial charge >= 0.3 is 0 Å². The van der Waals surface area contributed by atoms with Gasteiger partial charge in [-0.15, -0.1) is 0 Å². The van der Waals surface area contributed by atoms with Gasteiger partial charge in [0.2, 0.25) is 11.7 Å². The lowest BCUT2D eigenvalue weighted by molar-refractivity contribution is -0.120. The molecule has 1 saturated carbocycles.